The summed E-state index contributed by atoms with van der Waals surface area (Å²) < 4.78 is 6.29. The number of aryl methyl sites for hydroxylation is 1. The number of nitriles is 1. The Morgan fingerprint density at radius 3 is 2.90 bits per heavy atom. The van der Waals surface area contributed by atoms with Crippen LogP contribution in [0.1, 0.15) is 17.5 Å². The fourth-order valence-corrected chi connectivity index (χ4v) is 3.27. The Balaban J connectivity index is 1.98. The Kier molecular flexibility index (Phi) is 3.60. The van der Waals surface area contributed by atoms with Crippen molar-refractivity contribution < 1.29 is 4.74 Å². The highest BCUT2D eigenvalue weighted by molar-refractivity contribution is 9.10. The lowest BCUT2D eigenvalue weighted by Gasteiger charge is -2.25. The van der Waals surface area contributed by atoms with Gasteiger partial charge < -0.3 is 10.1 Å². The smallest absolute Gasteiger partial charge is 0.151 e. The summed E-state index contributed by atoms with van der Waals surface area (Å²) in [6, 6.07) is 16.3. The normalized spacial score (nSPS) is 19.7. The molecular formula is C17H15BrN2O. The largest absolute Gasteiger partial charge is 0.497 e. The zero-order chi connectivity index (χ0) is 14.9. The summed E-state index contributed by atoms with van der Waals surface area (Å²) in [5.41, 5.74) is 2.52. The molecule has 1 aliphatic carbocycles. The molecule has 2 aromatic rings. The average molecular weight is 343 g/mol. The number of halogens is 1. The number of benzene rings is 2. The summed E-state index contributed by atoms with van der Waals surface area (Å²) >= 11 is 3.49. The van der Waals surface area contributed by atoms with Gasteiger partial charge in [-0.3, -0.25) is 0 Å². The van der Waals surface area contributed by atoms with Crippen molar-refractivity contribution >= 4 is 21.6 Å². The maximum Gasteiger partial charge on any atom is 0.151 e. The number of hydrogen-bond acceptors (Lipinski definition) is 3. The van der Waals surface area contributed by atoms with Gasteiger partial charge in [-0.05, 0) is 48.2 Å². The molecule has 0 heterocycles. The summed E-state index contributed by atoms with van der Waals surface area (Å²) in [7, 11) is 1.64. The Morgan fingerprint density at radius 2 is 2.14 bits per heavy atom. The second-order valence-electron chi connectivity index (χ2n) is 5.18. The van der Waals surface area contributed by atoms with Crippen LogP contribution in [0, 0.1) is 11.3 Å². The van der Waals surface area contributed by atoms with Crippen molar-refractivity contribution in [2.75, 3.05) is 12.4 Å². The predicted molar refractivity (Wildman–Crippen MR) is 86.4 cm³/mol. The van der Waals surface area contributed by atoms with Crippen LogP contribution in [0.5, 0.6) is 5.75 Å². The number of nitrogens with one attached hydrogen (secondary N) is 1. The maximum absolute atomic E-state index is 9.76. The van der Waals surface area contributed by atoms with Crippen molar-refractivity contribution in [3.05, 3.63) is 58.1 Å². The fourth-order valence-electron chi connectivity index (χ4n) is 2.86. The molecule has 1 aliphatic rings. The molecule has 4 heteroatoms. The third-order valence-corrected chi connectivity index (χ3v) is 4.41. The van der Waals surface area contributed by atoms with Gasteiger partial charge in [-0.2, -0.15) is 5.26 Å². The predicted octanol–water partition coefficient (Wildman–Crippen LogP) is 4.23. The summed E-state index contributed by atoms with van der Waals surface area (Å²) in [5.74, 6) is 0.780. The van der Waals surface area contributed by atoms with E-state index in [-0.39, 0.29) is 0 Å². The highest BCUT2D eigenvalue weighted by atomic mass is 79.9. The molecule has 1 atom stereocenters. The molecule has 3 nitrogen and oxygen atoms in total. The van der Waals surface area contributed by atoms with Gasteiger partial charge in [0.2, 0.25) is 0 Å². The number of fused-ring (bicyclic) bond motifs is 1. The van der Waals surface area contributed by atoms with E-state index < -0.39 is 5.54 Å². The SMILES string of the molecule is COc1cccc(NC2(C#N)CCc3cc(Br)ccc32)c1. The van der Waals surface area contributed by atoms with E-state index in [1.54, 1.807) is 7.11 Å². The summed E-state index contributed by atoms with van der Waals surface area (Å²) in [4.78, 5) is 0. The molecule has 0 saturated carbocycles. The minimum Gasteiger partial charge on any atom is -0.497 e. The van der Waals surface area contributed by atoms with Gasteiger partial charge in [-0.25, -0.2) is 0 Å². The lowest BCUT2D eigenvalue weighted by Crippen LogP contribution is -2.31. The minimum atomic E-state index is -0.664. The Hall–Kier alpha value is -1.99. The van der Waals surface area contributed by atoms with E-state index >= 15 is 0 Å². The Morgan fingerprint density at radius 1 is 1.29 bits per heavy atom. The van der Waals surface area contributed by atoms with Crippen molar-refractivity contribution in [2.45, 2.75) is 18.4 Å². The van der Waals surface area contributed by atoms with Crippen LogP contribution in [-0.4, -0.2) is 7.11 Å². The molecule has 0 spiro atoms. The third kappa shape index (κ3) is 2.50. The van der Waals surface area contributed by atoms with Gasteiger partial charge in [0.25, 0.3) is 0 Å². The van der Waals surface area contributed by atoms with Crippen LogP contribution in [0.25, 0.3) is 0 Å². The van der Waals surface area contributed by atoms with E-state index in [0.29, 0.717) is 0 Å². The van der Waals surface area contributed by atoms with Crippen LogP contribution >= 0.6 is 15.9 Å². The second-order valence-corrected chi connectivity index (χ2v) is 6.09. The fraction of sp³-hybridized carbons (Fsp3) is 0.235. The molecule has 2 aromatic carbocycles. The Labute approximate surface area is 132 Å². The molecule has 21 heavy (non-hydrogen) atoms. The quantitative estimate of drug-likeness (QED) is 0.907. The van der Waals surface area contributed by atoms with Crippen molar-refractivity contribution in [2.24, 2.45) is 0 Å². The zero-order valence-electron chi connectivity index (χ0n) is 11.7. The van der Waals surface area contributed by atoms with Crippen molar-refractivity contribution in [3.8, 4) is 11.8 Å². The second kappa shape index (κ2) is 5.42. The molecule has 106 valence electrons. The zero-order valence-corrected chi connectivity index (χ0v) is 13.3. The van der Waals surface area contributed by atoms with Crippen LogP contribution < -0.4 is 10.1 Å². The maximum atomic E-state index is 9.76. The van der Waals surface area contributed by atoms with Crippen LogP contribution in [0.4, 0.5) is 5.69 Å². The molecule has 3 rings (SSSR count). The van der Waals surface area contributed by atoms with Gasteiger partial charge >= 0.3 is 0 Å². The van der Waals surface area contributed by atoms with Gasteiger partial charge in [0, 0.05) is 16.2 Å². The molecule has 1 unspecified atom stereocenters. The van der Waals surface area contributed by atoms with Gasteiger partial charge in [-0.15, -0.1) is 0 Å². The molecule has 1 N–H and O–H groups in total. The lowest BCUT2D eigenvalue weighted by molar-refractivity contribution is 0.415. The number of anilines is 1. The minimum absolute atomic E-state index is 0.664. The molecule has 0 amide bonds. The number of nitrogens with zero attached hydrogens (tertiary/aromatic N) is 1. The third-order valence-electron chi connectivity index (χ3n) is 3.91. The van der Waals surface area contributed by atoms with E-state index in [4.69, 9.17) is 4.74 Å². The van der Waals surface area contributed by atoms with Gasteiger partial charge in [0.05, 0.1) is 13.2 Å². The van der Waals surface area contributed by atoms with Gasteiger partial charge in [-0.1, -0.05) is 28.1 Å². The lowest BCUT2D eigenvalue weighted by atomic mass is 9.93. The number of hydrogen-bond donors (Lipinski definition) is 1. The molecule has 0 aliphatic heterocycles. The van der Waals surface area contributed by atoms with E-state index in [1.807, 2.05) is 36.4 Å². The van der Waals surface area contributed by atoms with E-state index in [9.17, 15) is 5.26 Å². The average Bonchev–Trinajstić information content (AvgIpc) is 2.86. The van der Waals surface area contributed by atoms with Gasteiger partial charge in [0.1, 0.15) is 5.75 Å². The first kappa shape index (κ1) is 14.0. The van der Waals surface area contributed by atoms with E-state index in [2.05, 4.69) is 33.4 Å². The molecule has 0 saturated heterocycles. The van der Waals surface area contributed by atoms with Crippen molar-refractivity contribution in [1.82, 2.24) is 0 Å². The molecule has 0 aromatic heterocycles. The standard InChI is InChI=1S/C17H15BrN2O/c1-21-15-4-2-3-14(10-15)20-17(11-19)8-7-12-9-13(18)5-6-16(12)17/h2-6,9-10,20H,7-8H2,1H3. The first-order valence-electron chi connectivity index (χ1n) is 6.79. The van der Waals surface area contributed by atoms with Crippen LogP contribution in [-0.2, 0) is 12.0 Å². The first-order valence-corrected chi connectivity index (χ1v) is 7.58. The highest BCUT2D eigenvalue weighted by Crippen LogP contribution is 2.40. The summed E-state index contributed by atoms with van der Waals surface area (Å²) in [5, 5.41) is 13.2. The van der Waals surface area contributed by atoms with Crippen LogP contribution in [0.15, 0.2) is 46.9 Å². The van der Waals surface area contributed by atoms with Crippen molar-refractivity contribution in [3.63, 3.8) is 0 Å². The number of methoxy groups -OCH3 is 1. The Bertz CT molecular complexity index is 723. The molecule has 0 radical (unpaired) electrons. The topological polar surface area (TPSA) is 45.0 Å². The summed E-state index contributed by atoms with van der Waals surface area (Å²) in [6.45, 7) is 0. The monoisotopic (exact) mass is 342 g/mol. The van der Waals surface area contributed by atoms with Crippen LogP contribution in [0.3, 0.4) is 0 Å². The van der Waals surface area contributed by atoms with E-state index in [1.165, 1.54) is 5.56 Å². The molecule has 0 bridgehead atoms. The van der Waals surface area contributed by atoms with Gasteiger partial charge in [0.15, 0.2) is 5.54 Å². The molecule has 0 fully saturated rings. The highest BCUT2D eigenvalue weighted by Gasteiger charge is 2.39. The summed E-state index contributed by atoms with van der Waals surface area (Å²) in [6.07, 6.45) is 1.67. The van der Waals surface area contributed by atoms with E-state index in [0.717, 1.165) is 34.3 Å². The number of ether oxygens (including phenoxy) is 1. The van der Waals surface area contributed by atoms with Crippen LogP contribution in [0.2, 0.25) is 0 Å². The number of rotatable bonds is 3. The molecular weight excluding hydrogens is 328 g/mol. The van der Waals surface area contributed by atoms with Crippen molar-refractivity contribution in [1.29, 1.82) is 5.26 Å². The first-order chi connectivity index (χ1) is 10.2.